The number of nitrogens with zero attached hydrogens (tertiary/aromatic N) is 2. The van der Waals surface area contributed by atoms with Crippen molar-refractivity contribution in [3.63, 3.8) is 0 Å². The molecule has 0 spiro atoms. The number of sulfonamides is 1. The van der Waals surface area contributed by atoms with E-state index in [2.05, 4.69) is 4.40 Å². The number of carbonyl (C=O) groups excluding carboxylic acids is 1. The van der Waals surface area contributed by atoms with Crippen LogP contribution in [0.5, 0.6) is 11.5 Å². The van der Waals surface area contributed by atoms with Crippen molar-refractivity contribution in [1.29, 1.82) is 0 Å². The van der Waals surface area contributed by atoms with Gasteiger partial charge in [0.05, 0.1) is 22.2 Å². The highest BCUT2D eigenvalue weighted by molar-refractivity contribution is 7.90. The molecule has 0 bridgehead atoms. The fourth-order valence-corrected chi connectivity index (χ4v) is 4.89. The number of thiazole rings is 1. The summed E-state index contributed by atoms with van der Waals surface area (Å²) < 4.78 is 46.9. The zero-order valence-corrected chi connectivity index (χ0v) is 15.7. The van der Waals surface area contributed by atoms with Gasteiger partial charge in [0.25, 0.3) is 10.0 Å². The molecule has 4 rings (SSSR count). The van der Waals surface area contributed by atoms with Crippen molar-refractivity contribution in [2.75, 3.05) is 13.9 Å². The van der Waals surface area contributed by atoms with Gasteiger partial charge in [0.2, 0.25) is 11.6 Å². The molecule has 2 aromatic carbocycles. The smallest absolute Gasteiger partial charge is 0.325 e. The summed E-state index contributed by atoms with van der Waals surface area (Å²) in [7, 11) is -2.67. The molecule has 0 unspecified atom stereocenters. The fourth-order valence-electron chi connectivity index (χ4n) is 2.62. The third-order valence-electron chi connectivity index (χ3n) is 3.93. The molecule has 2 heterocycles. The van der Waals surface area contributed by atoms with Crippen molar-refractivity contribution < 1.29 is 27.4 Å². The lowest BCUT2D eigenvalue weighted by molar-refractivity contribution is -0.141. The Hall–Kier alpha value is -2.85. The van der Waals surface area contributed by atoms with Gasteiger partial charge in [-0.25, -0.2) is 0 Å². The molecule has 1 aliphatic heterocycles. The highest BCUT2D eigenvalue weighted by Gasteiger charge is 2.20. The molecule has 8 nitrogen and oxygen atoms in total. The van der Waals surface area contributed by atoms with Gasteiger partial charge in [0.1, 0.15) is 6.54 Å². The van der Waals surface area contributed by atoms with Gasteiger partial charge in [-0.05, 0) is 12.1 Å². The minimum Gasteiger partial charge on any atom is -0.468 e. The summed E-state index contributed by atoms with van der Waals surface area (Å²) >= 11 is 1.14. The Balaban J connectivity index is 1.94. The Morgan fingerprint density at radius 3 is 2.63 bits per heavy atom. The Morgan fingerprint density at radius 1 is 1.22 bits per heavy atom. The van der Waals surface area contributed by atoms with Gasteiger partial charge in [0.15, 0.2) is 11.5 Å². The molecule has 0 saturated carbocycles. The minimum atomic E-state index is -3.94. The highest BCUT2D eigenvalue weighted by Crippen LogP contribution is 2.37. The molecule has 140 valence electrons. The number of aromatic nitrogens is 1. The van der Waals surface area contributed by atoms with Crippen molar-refractivity contribution in [1.82, 2.24) is 4.57 Å². The van der Waals surface area contributed by atoms with Crippen molar-refractivity contribution in [2.45, 2.75) is 11.4 Å². The summed E-state index contributed by atoms with van der Waals surface area (Å²) in [5, 5.41) is 0. The van der Waals surface area contributed by atoms with Gasteiger partial charge < -0.3 is 18.8 Å². The molecule has 1 aromatic heterocycles. The molecule has 0 aliphatic carbocycles. The van der Waals surface area contributed by atoms with Crippen LogP contribution in [-0.2, 0) is 26.1 Å². The van der Waals surface area contributed by atoms with E-state index in [9.17, 15) is 13.2 Å². The SMILES string of the molecule is COC(=O)Cn1c(=NS(=O)(=O)c2ccccc2)sc2cc3c(cc21)OCO3. The lowest BCUT2D eigenvalue weighted by Crippen LogP contribution is -2.22. The van der Waals surface area contributed by atoms with Gasteiger partial charge in [-0.3, -0.25) is 4.79 Å². The maximum absolute atomic E-state index is 12.6. The molecule has 0 radical (unpaired) electrons. The minimum absolute atomic E-state index is 0.0706. The van der Waals surface area contributed by atoms with E-state index in [0.717, 1.165) is 11.3 Å². The van der Waals surface area contributed by atoms with Crippen LogP contribution in [0.3, 0.4) is 0 Å². The van der Waals surface area contributed by atoms with Crippen LogP contribution in [-0.4, -0.2) is 32.9 Å². The largest absolute Gasteiger partial charge is 0.468 e. The first-order valence-electron chi connectivity index (χ1n) is 7.84. The summed E-state index contributed by atoms with van der Waals surface area (Å²) in [6.07, 6.45) is 0. The fraction of sp³-hybridized carbons (Fsp3) is 0.176. The number of carbonyl (C=O) groups is 1. The van der Waals surface area contributed by atoms with E-state index in [0.29, 0.717) is 21.7 Å². The van der Waals surface area contributed by atoms with E-state index in [1.54, 1.807) is 30.3 Å². The van der Waals surface area contributed by atoms with Crippen LogP contribution >= 0.6 is 11.3 Å². The van der Waals surface area contributed by atoms with Gasteiger partial charge in [-0.1, -0.05) is 29.5 Å². The lowest BCUT2D eigenvalue weighted by Gasteiger charge is -2.04. The second kappa shape index (κ2) is 6.71. The lowest BCUT2D eigenvalue weighted by atomic mass is 10.3. The normalized spacial score (nSPS) is 13.9. The number of hydrogen-bond donors (Lipinski definition) is 0. The average molecular weight is 406 g/mol. The third-order valence-corrected chi connectivity index (χ3v) is 6.37. The van der Waals surface area contributed by atoms with E-state index >= 15 is 0 Å². The van der Waals surface area contributed by atoms with Crippen molar-refractivity contribution in [3.05, 3.63) is 47.3 Å². The van der Waals surface area contributed by atoms with E-state index in [4.69, 9.17) is 14.2 Å². The summed E-state index contributed by atoms with van der Waals surface area (Å²) in [6.45, 7) is -0.0669. The Labute approximate surface area is 158 Å². The molecule has 0 N–H and O–H groups in total. The molecule has 10 heteroatoms. The monoisotopic (exact) mass is 406 g/mol. The van der Waals surface area contributed by atoms with E-state index < -0.39 is 16.0 Å². The second-order valence-electron chi connectivity index (χ2n) is 5.60. The van der Waals surface area contributed by atoms with Crippen molar-refractivity contribution in [3.8, 4) is 11.5 Å². The number of ether oxygens (including phenoxy) is 3. The van der Waals surface area contributed by atoms with Crippen LogP contribution < -0.4 is 14.3 Å². The van der Waals surface area contributed by atoms with Crippen molar-refractivity contribution in [2.24, 2.45) is 4.40 Å². The Kier molecular flexibility index (Phi) is 4.36. The van der Waals surface area contributed by atoms with Crippen LogP contribution in [0.2, 0.25) is 0 Å². The van der Waals surface area contributed by atoms with Gasteiger partial charge >= 0.3 is 5.97 Å². The topological polar surface area (TPSA) is 96.2 Å². The molecule has 27 heavy (non-hydrogen) atoms. The number of benzene rings is 2. The molecule has 0 atom stereocenters. The summed E-state index contributed by atoms with van der Waals surface area (Å²) in [6, 6.07) is 11.3. The number of fused-ring (bicyclic) bond motifs is 2. The number of rotatable bonds is 4. The molecule has 0 amide bonds. The summed E-state index contributed by atoms with van der Waals surface area (Å²) in [4.78, 5) is 12.1. The Bertz CT molecular complexity index is 1200. The van der Waals surface area contributed by atoms with Crippen LogP contribution in [0.25, 0.3) is 10.2 Å². The van der Waals surface area contributed by atoms with Crippen LogP contribution in [0.15, 0.2) is 51.8 Å². The molecule has 1 aliphatic rings. The van der Waals surface area contributed by atoms with Crippen LogP contribution in [0.1, 0.15) is 0 Å². The summed E-state index contributed by atoms with van der Waals surface area (Å²) in [5.41, 5.74) is 0.608. The highest BCUT2D eigenvalue weighted by atomic mass is 32.2. The molecule has 3 aromatic rings. The van der Waals surface area contributed by atoms with Gasteiger partial charge in [-0.15, -0.1) is 4.40 Å². The maximum atomic E-state index is 12.6. The van der Waals surface area contributed by atoms with Crippen LogP contribution in [0.4, 0.5) is 0 Å². The zero-order valence-electron chi connectivity index (χ0n) is 14.1. The first kappa shape index (κ1) is 17.6. The second-order valence-corrected chi connectivity index (χ2v) is 8.21. The average Bonchev–Trinajstić information content (AvgIpc) is 3.24. The van der Waals surface area contributed by atoms with E-state index in [-0.39, 0.29) is 23.0 Å². The van der Waals surface area contributed by atoms with E-state index in [1.807, 2.05) is 0 Å². The first-order chi connectivity index (χ1) is 13.0. The van der Waals surface area contributed by atoms with Gasteiger partial charge in [-0.2, -0.15) is 8.42 Å². The molecule has 0 fully saturated rings. The number of methoxy groups -OCH3 is 1. The first-order valence-corrected chi connectivity index (χ1v) is 10.1. The van der Waals surface area contributed by atoms with Crippen molar-refractivity contribution >= 4 is 37.5 Å². The summed E-state index contributed by atoms with van der Waals surface area (Å²) in [5.74, 6) is 0.564. The Morgan fingerprint density at radius 2 is 1.93 bits per heavy atom. The predicted molar refractivity (Wildman–Crippen MR) is 97.1 cm³/mol. The molecular weight excluding hydrogens is 392 g/mol. The molecule has 0 saturated heterocycles. The van der Waals surface area contributed by atoms with Gasteiger partial charge in [0, 0.05) is 12.1 Å². The third kappa shape index (κ3) is 3.28. The predicted octanol–water partition coefficient (Wildman–Crippen LogP) is 1.89. The quantitative estimate of drug-likeness (QED) is 0.614. The maximum Gasteiger partial charge on any atom is 0.325 e. The zero-order chi connectivity index (χ0) is 19.0. The number of esters is 1. The molecular formula is C17H14N2O6S2. The van der Waals surface area contributed by atoms with Crippen LogP contribution in [0, 0.1) is 0 Å². The van der Waals surface area contributed by atoms with E-state index in [1.165, 1.54) is 23.8 Å². The number of hydrogen-bond acceptors (Lipinski definition) is 7. The standard InChI is InChI=1S/C17H14N2O6S2/c1-23-16(20)9-19-12-7-13-14(25-10-24-13)8-15(12)26-17(19)18-27(21,22)11-5-3-2-4-6-11/h2-8H,9-10H2,1H3.